The number of rotatable bonds is 5. The lowest BCUT2D eigenvalue weighted by atomic mass is 9.79. The van der Waals surface area contributed by atoms with Gasteiger partial charge in [0.25, 0.3) is 0 Å². The Morgan fingerprint density at radius 2 is 1.90 bits per heavy atom. The summed E-state index contributed by atoms with van der Waals surface area (Å²) in [7, 11) is 0. The second kappa shape index (κ2) is 6.13. The first-order valence-corrected chi connectivity index (χ1v) is 7.80. The molecule has 1 heterocycles. The SMILES string of the molecule is CC(C)CCOc1c(Cl)cc(C2OCC2(C)C)cc1Cl. The molecule has 0 spiro atoms. The van der Waals surface area contributed by atoms with Gasteiger partial charge in [0.1, 0.15) is 0 Å². The van der Waals surface area contributed by atoms with Crippen LogP contribution in [0.1, 0.15) is 45.8 Å². The Kier molecular flexibility index (Phi) is 4.88. The molecule has 0 bridgehead atoms. The van der Waals surface area contributed by atoms with Crippen LogP contribution >= 0.6 is 23.2 Å². The molecule has 0 aliphatic carbocycles. The van der Waals surface area contributed by atoms with Crippen molar-refractivity contribution in [3.63, 3.8) is 0 Å². The molecule has 0 radical (unpaired) electrons. The fourth-order valence-corrected chi connectivity index (χ4v) is 2.93. The topological polar surface area (TPSA) is 18.5 Å². The minimum absolute atomic E-state index is 0.0576. The van der Waals surface area contributed by atoms with Gasteiger partial charge in [-0.3, -0.25) is 0 Å². The lowest BCUT2D eigenvalue weighted by Gasteiger charge is -2.44. The fraction of sp³-hybridized carbons (Fsp3) is 0.625. The predicted octanol–water partition coefficient (Wildman–Crippen LogP) is 5.52. The van der Waals surface area contributed by atoms with E-state index in [0.29, 0.717) is 28.3 Å². The maximum Gasteiger partial charge on any atom is 0.156 e. The van der Waals surface area contributed by atoms with E-state index in [4.69, 9.17) is 32.7 Å². The summed E-state index contributed by atoms with van der Waals surface area (Å²) in [5, 5.41) is 1.12. The van der Waals surface area contributed by atoms with Crippen LogP contribution in [-0.2, 0) is 4.74 Å². The zero-order chi connectivity index (χ0) is 14.9. The van der Waals surface area contributed by atoms with Crippen molar-refractivity contribution >= 4 is 23.2 Å². The highest BCUT2D eigenvalue weighted by atomic mass is 35.5. The first-order valence-electron chi connectivity index (χ1n) is 7.04. The minimum Gasteiger partial charge on any atom is -0.490 e. The molecule has 20 heavy (non-hydrogen) atoms. The van der Waals surface area contributed by atoms with Crippen LogP contribution in [0.5, 0.6) is 5.75 Å². The van der Waals surface area contributed by atoms with Crippen molar-refractivity contribution in [2.45, 2.75) is 40.2 Å². The van der Waals surface area contributed by atoms with Gasteiger partial charge in [-0.25, -0.2) is 0 Å². The second-order valence-electron chi connectivity index (χ2n) is 6.52. The van der Waals surface area contributed by atoms with E-state index in [1.54, 1.807) is 0 Å². The highest BCUT2D eigenvalue weighted by Crippen LogP contribution is 2.48. The fourth-order valence-electron chi connectivity index (χ4n) is 2.31. The van der Waals surface area contributed by atoms with E-state index >= 15 is 0 Å². The summed E-state index contributed by atoms with van der Waals surface area (Å²) in [5.41, 5.74) is 1.15. The molecule has 1 aromatic carbocycles. The summed E-state index contributed by atoms with van der Waals surface area (Å²) >= 11 is 12.6. The highest BCUT2D eigenvalue weighted by Gasteiger charge is 2.41. The van der Waals surface area contributed by atoms with Gasteiger partial charge in [-0.2, -0.15) is 0 Å². The van der Waals surface area contributed by atoms with Crippen molar-refractivity contribution in [3.05, 3.63) is 27.7 Å². The van der Waals surface area contributed by atoms with Crippen LogP contribution in [0.25, 0.3) is 0 Å². The van der Waals surface area contributed by atoms with Gasteiger partial charge < -0.3 is 9.47 Å². The van der Waals surface area contributed by atoms with E-state index in [1.807, 2.05) is 12.1 Å². The third-order valence-corrected chi connectivity index (χ3v) is 4.16. The molecule has 2 rings (SSSR count). The van der Waals surface area contributed by atoms with Crippen molar-refractivity contribution in [1.82, 2.24) is 0 Å². The molecule has 1 aliphatic heterocycles. The van der Waals surface area contributed by atoms with Crippen molar-refractivity contribution in [2.75, 3.05) is 13.2 Å². The number of hydrogen-bond donors (Lipinski definition) is 0. The minimum atomic E-state index is 0.0576. The third-order valence-electron chi connectivity index (χ3n) is 3.60. The Hall–Kier alpha value is -0.440. The second-order valence-corrected chi connectivity index (χ2v) is 7.34. The lowest BCUT2D eigenvalue weighted by Crippen LogP contribution is -2.40. The molecule has 1 aromatic rings. The molecule has 0 N–H and O–H groups in total. The van der Waals surface area contributed by atoms with E-state index in [0.717, 1.165) is 18.6 Å². The Morgan fingerprint density at radius 1 is 1.30 bits per heavy atom. The van der Waals surface area contributed by atoms with Crippen LogP contribution in [0.3, 0.4) is 0 Å². The van der Waals surface area contributed by atoms with Crippen molar-refractivity contribution < 1.29 is 9.47 Å². The van der Waals surface area contributed by atoms with E-state index < -0.39 is 0 Å². The van der Waals surface area contributed by atoms with E-state index in [9.17, 15) is 0 Å². The monoisotopic (exact) mass is 316 g/mol. The van der Waals surface area contributed by atoms with Crippen molar-refractivity contribution in [1.29, 1.82) is 0 Å². The molecule has 0 saturated carbocycles. The molecule has 1 atom stereocenters. The number of halogens is 2. The molecule has 1 fully saturated rings. The lowest BCUT2D eigenvalue weighted by molar-refractivity contribution is -0.172. The normalized spacial score (nSPS) is 20.9. The number of ether oxygens (including phenoxy) is 2. The van der Waals surface area contributed by atoms with Crippen molar-refractivity contribution in [3.8, 4) is 5.75 Å². The number of benzene rings is 1. The van der Waals surface area contributed by atoms with Crippen LogP contribution in [0.4, 0.5) is 0 Å². The quantitative estimate of drug-likeness (QED) is 0.712. The Balaban J connectivity index is 2.13. The average Bonchev–Trinajstić information content (AvgIpc) is 2.31. The van der Waals surface area contributed by atoms with Gasteiger partial charge in [-0.05, 0) is 30.0 Å². The van der Waals surface area contributed by atoms with Crippen LogP contribution in [0.2, 0.25) is 10.0 Å². The van der Waals surface area contributed by atoms with Crippen LogP contribution < -0.4 is 4.74 Å². The molecule has 1 aliphatic rings. The van der Waals surface area contributed by atoms with Crippen molar-refractivity contribution in [2.24, 2.45) is 11.3 Å². The zero-order valence-corrected chi connectivity index (χ0v) is 14.0. The van der Waals surface area contributed by atoms with E-state index in [1.165, 1.54) is 0 Å². The van der Waals surface area contributed by atoms with Crippen LogP contribution in [0, 0.1) is 11.3 Å². The Bertz CT molecular complexity index is 460. The van der Waals surface area contributed by atoms with Gasteiger partial charge in [-0.1, -0.05) is 50.9 Å². The summed E-state index contributed by atoms with van der Waals surface area (Å²) in [6.07, 6.45) is 1.04. The molecule has 4 heteroatoms. The molecule has 2 nitrogen and oxygen atoms in total. The molecule has 1 saturated heterocycles. The van der Waals surface area contributed by atoms with Crippen LogP contribution in [-0.4, -0.2) is 13.2 Å². The molecule has 0 amide bonds. The molecular weight excluding hydrogens is 295 g/mol. The average molecular weight is 317 g/mol. The molecule has 0 aromatic heterocycles. The van der Waals surface area contributed by atoms with Gasteiger partial charge in [-0.15, -0.1) is 0 Å². The van der Waals surface area contributed by atoms with Gasteiger partial charge >= 0.3 is 0 Å². The molecule has 112 valence electrons. The van der Waals surface area contributed by atoms with E-state index in [2.05, 4.69) is 27.7 Å². The Labute approximate surface area is 131 Å². The van der Waals surface area contributed by atoms with Gasteiger partial charge in [0.15, 0.2) is 5.75 Å². The van der Waals surface area contributed by atoms with Gasteiger partial charge in [0.2, 0.25) is 0 Å². The first kappa shape index (κ1) is 15.9. The highest BCUT2D eigenvalue weighted by molar-refractivity contribution is 6.37. The maximum absolute atomic E-state index is 6.30. The largest absolute Gasteiger partial charge is 0.490 e. The maximum atomic E-state index is 6.30. The smallest absolute Gasteiger partial charge is 0.156 e. The summed E-state index contributed by atoms with van der Waals surface area (Å²) in [4.78, 5) is 0. The first-order chi connectivity index (χ1) is 9.31. The summed E-state index contributed by atoms with van der Waals surface area (Å²) in [6, 6.07) is 3.81. The van der Waals surface area contributed by atoms with Gasteiger partial charge in [0, 0.05) is 5.41 Å². The van der Waals surface area contributed by atoms with Gasteiger partial charge in [0.05, 0.1) is 29.4 Å². The summed E-state index contributed by atoms with van der Waals surface area (Å²) in [5.74, 6) is 1.17. The third kappa shape index (κ3) is 3.41. The predicted molar refractivity (Wildman–Crippen MR) is 83.9 cm³/mol. The summed E-state index contributed by atoms with van der Waals surface area (Å²) < 4.78 is 11.3. The number of hydrogen-bond acceptors (Lipinski definition) is 2. The molecular formula is C16H22Cl2O2. The zero-order valence-electron chi connectivity index (χ0n) is 12.5. The summed E-state index contributed by atoms with van der Waals surface area (Å²) in [6.45, 7) is 10.1. The van der Waals surface area contributed by atoms with Crippen LogP contribution in [0.15, 0.2) is 12.1 Å². The molecule has 1 unspecified atom stereocenters. The Morgan fingerprint density at radius 3 is 2.30 bits per heavy atom. The standard InChI is InChI=1S/C16H22Cl2O2/c1-10(2)5-6-19-14-12(17)7-11(8-13(14)18)15-16(3,4)9-20-15/h7-8,10,15H,5-6,9H2,1-4H3. The van der Waals surface area contributed by atoms with E-state index in [-0.39, 0.29) is 11.5 Å².